The van der Waals surface area contributed by atoms with Crippen LogP contribution in [0.4, 0.5) is 4.79 Å². The van der Waals surface area contributed by atoms with Gasteiger partial charge in [-0.25, -0.2) is 4.79 Å². The average molecular weight is 261 g/mol. The van der Waals surface area contributed by atoms with Crippen molar-refractivity contribution < 1.29 is 14.3 Å². The lowest BCUT2D eigenvalue weighted by atomic mass is 9.92. The number of carbonyl (C=O) groups is 1. The van der Waals surface area contributed by atoms with Crippen LogP contribution in [0.1, 0.15) is 31.4 Å². The van der Waals surface area contributed by atoms with E-state index in [4.69, 9.17) is 9.47 Å². The number of hydrogen-bond donors (Lipinski definition) is 0. The summed E-state index contributed by atoms with van der Waals surface area (Å²) >= 11 is 0. The lowest BCUT2D eigenvalue weighted by Gasteiger charge is -2.44. The molecule has 0 N–H and O–H groups in total. The molecule has 2 aliphatic heterocycles. The van der Waals surface area contributed by atoms with Crippen molar-refractivity contribution in [1.29, 1.82) is 0 Å². The van der Waals surface area contributed by atoms with Gasteiger partial charge in [0.05, 0.1) is 19.3 Å². The van der Waals surface area contributed by atoms with E-state index < -0.39 is 0 Å². The van der Waals surface area contributed by atoms with E-state index in [0.717, 1.165) is 18.4 Å². The number of ether oxygens (including phenoxy) is 2. The van der Waals surface area contributed by atoms with Crippen molar-refractivity contribution in [1.82, 2.24) is 4.90 Å². The van der Waals surface area contributed by atoms with Crippen molar-refractivity contribution in [2.75, 3.05) is 7.11 Å². The Labute approximate surface area is 113 Å². The van der Waals surface area contributed by atoms with Gasteiger partial charge in [0.15, 0.2) is 0 Å². The second-order valence-electron chi connectivity index (χ2n) is 5.17. The third-order valence-electron chi connectivity index (χ3n) is 4.22. The van der Waals surface area contributed by atoms with Crippen LogP contribution in [0.3, 0.4) is 0 Å². The van der Waals surface area contributed by atoms with Crippen LogP contribution < -0.4 is 0 Å². The van der Waals surface area contributed by atoms with Gasteiger partial charge in [0.1, 0.15) is 6.10 Å². The highest BCUT2D eigenvalue weighted by Crippen LogP contribution is 2.47. The molecule has 2 fully saturated rings. The van der Waals surface area contributed by atoms with Gasteiger partial charge in [-0.3, -0.25) is 4.90 Å². The van der Waals surface area contributed by atoms with Crippen molar-refractivity contribution in [3.8, 4) is 0 Å². The molecule has 2 saturated heterocycles. The molecular weight excluding hydrogens is 242 g/mol. The van der Waals surface area contributed by atoms with E-state index >= 15 is 0 Å². The van der Waals surface area contributed by atoms with Gasteiger partial charge < -0.3 is 9.47 Å². The number of amides is 1. The highest BCUT2D eigenvalue weighted by Gasteiger charge is 2.56. The molecule has 4 atom stereocenters. The Morgan fingerprint density at radius 3 is 2.79 bits per heavy atom. The first-order valence-corrected chi connectivity index (χ1v) is 6.83. The van der Waals surface area contributed by atoms with Gasteiger partial charge in [0.2, 0.25) is 0 Å². The third kappa shape index (κ3) is 1.91. The monoisotopic (exact) mass is 261 g/mol. The average Bonchev–Trinajstić information content (AvgIpc) is 2.72. The topological polar surface area (TPSA) is 38.8 Å². The van der Waals surface area contributed by atoms with Gasteiger partial charge in [0, 0.05) is 6.04 Å². The molecule has 4 nitrogen and oxygen atoms in total. The first-order chi connectivity index (χ1) is 9.26. The summed E-state index contributed by atoms with van der Waals surface area (Å²) in [4.78, 5) is 13.9. The first-order valence-electron chi connectivity index (χ1n) is 6.83. The predicted octanol–water partition coefficient (Wildman–Crippen LogP) is 2.75. The van der Waals surface area contributed by atoms with Crippen LogP contribution in [0.25, 0.3) is 0 Å². The van der Waals surface area contributed by atoms with Crippen molar-refractivity contribution >= 4 is 6.09 Å². The Morgan fingerprint density at radius 1 is 1.42 bits per heavy atom. The van der Waals surface area contributed by atoms with E-state index in [1.54, 1.807) is 0 Å². The molecule has 3 rings (SSSR count). The van der Waals surface area contributed by atoms with Crippen molar-refractivity contribution in [2.45, 2.75) is 44.1 Å². The van der Waals surface area contributed by atoms with Gasteiger partial charge >= 0.3 is 6.09 Å². The smallest absolute Gasteiger partial charge is 0.410 e. The van der Waals surface area contributed by atoms with E-state index in [2.05, 4.69) is 19.1 Å². The van der Waals surface area contributed by atoms with Gasteiger partial charge in [-0.1, -0.05) is 37.3 Å². The summed E-state index contributed by atoms with van der Waals surface area (Å²) in [5, 5.41) is 0. The Balaban J connectivity index is 1.84. The summed E-state index contributed by atoms with van der Waals surface area (Å²) < 4.78 is 10.9. The molecule has 2 aliphatic rings. The number of carbonyl (C=O) groups excluding carboxylic acids is 1. The molecule has 0 spiro atoms. The van der Waals surface area contributed by atoms with E-state index in [1.807, 2.05) is 23.1 Å². The maximum Gasteiger partial charge on any atom is 0.410 e. The minimum atomic E-state index is -0.233. The highest BCUT2D eigenvalue weighted by atomic mass is 16.6. The van der Waals surface area contributed by atoms with Crippen molar-refractivity contribution in [3.05, 3.63) is 35.9 Å². The molecule has 0 saturated carbocycles. The van der Waals surface area contributed by atoms with Crippen molar-refractivity contribution in [3.63, 3.8) is 0 Å². The minimum absolute atomic E-state index is 0.0122. The molecule has 102 valence electrons. The van der Waals surface area contributed by atoms with Crippen LogP contribution in [-0.4, -0.2) is 36.3 Å². The number of fused-ring (bicyclic) bond motifs is 1. The number of rotatable bonds is 2. The highest BCUT2D eigenvalue weighted by molar-refractivity contribution is 5.69. The Morgan fingerprint density at radius 2 is 2.16 bits per heavy atom. The van der Waals surface area contributed by atoms with Crippen LogP contribution in [-0.2, 0) is 9.47 Å². The summed E-state index contributed by atoms with van der Waals surface area (Å²) in [6.45, 7) is 2.10. The molecular formula is C15H19NO3. The Kier molecular flexibility index (Phi) is 3.19. The number of likely N-dealkylation sites (tertiary alicyclic amines) is 1. The van der Waals surface area contributed by atoms with Crippen LogP contribution in [0.15, 0.2) is 30.3 Å². The number of hydrogen-bond acceptors (Lipinski definition) is 3. The molecule has 0 unspecified atom stereocenters. The number of nitrogens with zero attached hydrogens (tertiary/aromatic N) is 1. The molecule has 1 amide bonds. The maximum atomic E-state index is 12.0. The lowest BCUT2D eigenvalue weighted by molar-refractivity contribution is -0.162. The molecule has 0 aliphatic carbocycles. The second kappa shape index (κ2) is 4.85. The fraction of sp³-hybridized carbons (Fsp3) is 0.533. The SMILES string of the molecule is CC[C@@H]1C[C@H]2O[C@@H](c3ccccc3)[C@H]2N1C(=O)OC. The molecule has 1 aromatic carbocycles. The minimum Gasteiger partial charge on any atom is -0.453 e. The summed E-state index contributed by atoms with van der Waals surface area (Å²) in [5.41, 5.74) is 1.13. The summed E-state index contributed by atoms with van der Waals surface area (Å²) in [7, 11) is 1.44. The Bertz CT molecular complexity index is 462. The van der Waals surface area contributed by atoms with Crippen LogP contribution in [0, 0.1) is 0 Å². The fourth-order valence-corrected chi connectivity index (χ4v) is 3.26. The zero-order chi connectivity index (χ0) is 13.4. The van der Waals surface area contributed by atoms with E-state index in [9.17, 15) is 4.79 Å². The first kappa shape index (κ1) is 12.5. The molecule has 0 radical (unpaired) electrons. The van der Waals surface area contributed by atoms with Gasteiger partial charge in [-0.15, -0.1) is 0 Å². The zero-order valence-corrected chi connectivity index (χ0v) is 11.3. The quantitative estimate of drug-likeness (QED) is 0.821. The zero-order valence-electron chi connectivity index (χ0n) is 11.3. The maximum absolute atomic E-state index is 12.0. The van der Waals surface area contributed by atoms with Gasteiger partial charge in [0.25, 0.3) is 0 Å². The van der Waals surface area contributed by atoms with E-state index in [1.165, 1.54) is 7.11 Å². The molecule has 2 heterocycles. The standard InChI is InChI=1S/C15H19NO3/c1-3-11-9-12-13(16(11)15(17)18-2)14(19-12)10-7-5-4-6-8-10/h4-8,11-14H,3,9H2,1-2H3/t11-,12-,13+,14+/m1/s1. The van der Waals surface area contributed by atoms with Crippen LogP contribution in [0.5, 0.6) is 0 Å². The van der Waals surface area contributed by atoms with Gasteiger partial charge in [-0.2, -0.15) is 0 Å². The fourth-order valence-electron chi connectivity index (χ4n) is 3.26. The predicted molar refractivity (Wildman–Crippen MR) is 70.8 cm³/mol. The van der Waals surface area contributed by atoms with E-state index in [0.29, 0.717) is 0 Å². The molecule has 1 aromatic rings. The molecule has 19 heavy (non-hydrogen) atoms. The van der Waals surface area contributed by atoms with E-state index in [-0.39, 0.29) is 30.4 Å². The molecule has 0 aromatic heterocycles. The second-order valence-corrected chi connectivity index (χ2v) is 5.17. The van der Waals surface area contributed by atoms with Crippen molar-refractivity contribution in [2.24, 2.45) is 0 Å². The normalized spacial score (nSPS) is 32.6. The number of benzene rings is 1. The van der Waals surface area contributed by atoms with Crippen LogP contribution in [0.2, 0.25) is 0 Å². The Hall–Kier alpha value is -1.55. The summed E-state index contributed by atoms with van der Waals surface area (Å²) in [5.74, 6) is 0. The third-order valence-corrected chi connectivity index (χ3v) is 4.22. The summed E-state index contributed by atoms with van der Waals surface area (Å²) in [6, 6.07) is 10.4. The number of methoxy groups -OCH3 is 1. The molecule has 4 heteroatoms. The summed E-state index contributed by atoms with van der Waals surface area (Å²) in [6.07, 6.45) is 1.77. The van der Waals surface area contributed by atoms with Gasteiger partial charge in [-0.05, 0) is 18.4 Å². The molecule has 0 bridgehead atoms. The van der Waals surface area contributed by atoms with Crippen LogP contribution >= 0.6 is 0 Å². The lowest BCUT2D eigenvalue weighted by Crippen LogP contribution is -2.54. The largest absolute Gasteiger partial charge is 0.453 e.